The molecule has 1 saturated carbocycles. The van der Waals surface area contributed by atoms with Crippen LogP contribution in [0.1, 0.15) is 58.3 Å². The van der Waals surface area contributed by atoms with E-state index in [4.69, 9.17) is 5.73 Å². The molecule has 0 unspecified atom stereocenters. The van der Waals surface area contributed by atoms with Gasteiger partial charge < -0.3 is 10.6 Å². The predicted octanol–water partition coefficient (Wildman–Crippen LogP) is 2.54. The number of nitrogens with zero attached hydrogens (tertiary/aromatic N) is 1. The van der Waals surface area contributed by atoms with Crippen LogP contribution >= 0.6 is 0 Å². The van der Waals surface area contributed by atoms with Gasteiger partial charge in [-0.15, -0.1) is 0 Å². The highest BCUT2D eigenvalue weighted by atomic mass is 16.2. The molecule has 3 nitrogen and oxygen atoms in total. The first kappa shape index (κ1) is 14.5. The molecule has 0 aliphatic heterocycles. The first-order valence-electron chi connectivity index (χ1n) is 7.15. The van der Waals surface area contributed by atoms with Crippen molar-refractivity contribution in [2.24, 2.45) is 11.7 Å². The maximum absolute atomic E-state index is 11.8. The van der Waals surface area contributed by atoms with Crippen molar-refractivity contribution in [3.8, 4) is 0 Å². The van der Waals surface area contributed by atoms with Crippen LogP contribution in [0.3, 0.4) is 0 Å². The standard InChI is InChI=1S/C14H28N2O/c1-3-13(15)14(17)16(2)11-7-10-12-8-5-4-6-9-12/h12-13H,3-11,15H2,1-2H3/t13-/m0/s1. The average molecular weight is 240 g/mol. The molecule has 0 aromatic carbocycles. The van der Waals surface area contributed by atoms with Gasteiger partial charge >= 0.3 is 0 Å². The van der Waals surface area contributed by atoms with Crippen molar-refractivity contribution in [1.82, 2.24) is 4.90 Å². The number of rotatable bonds is 6. The minimum absolute atomic E-state index is 0.0937. The zero-order valence-corrected chi connectivity index (χ0v) is 11.5. The third-order valence-corrected chi connectivity index (χ3v) is 3.96. The van der Waals surface area contributed by atoms with Crippen molar-refractivity contribution >= 4 is 5.91 Å². The third kappa shape index (κ3) is 5.07. The maximum atomic E-state index is 11.8. The van der Waals surface area contributed by atoms with Crippen LogP contribution in [0.15, 0.2) is 0 Å². The summed E-state index contributed by atoms with van der Waals surface area (Å²) in [7, 11) is 1.87. The summed E-state index contributed by atoms with van der Waals surface area (Å²) in [5, 5.41) is 0. The fourth-order valence-corrected chi connectivity index (χ4v) is 2.66. The van der Waals surface area contributed by atoms with E-state index in [1.165, 1.54) is 38.5 Å². The minimum Gasteiger partial charge on any atom is -0.344 e. The molecule has 17 heavy (non-hydrogen) atoms. The molecular formula is C14H28N2O. The zero-order valence-electron chi connectivity index (χ0n) is 11.5. The van der Waals surface area contributed by atoms with Crippen LogP contribution in [-0.4, -0.2) is 30.4 Å². The summed E-state index contributed by atoms with van der Waals surface area (Å²) in [5.74, 6) is 1.00. The van der Waals surface area contributed by atoms with Gasteiger partial charge in [-0.25, -0.2) is 0 Å². The highest BCUT2D eigenvalue weighted by molar-refractivity contribution is 5.81. The summed E-state index contributed by atoms with van der Waals surface area (Å²) in [6, 6.07) is -0.310. The second-order valence-corrected chi connectivity index (χ2v) is 5.42. The first-order chi connectivity index (χ1) is 8.15. The van der Waals surface area contributed by atoms with Gasteiger partial charge in [-0.1, -0.05) is 39.0 Å². The van der Waals surface area contributed by atoms with Gasteiger partial charge in [0.15, 0.2) is 0 Å². The summed E-state index contributed by atoms with van der Waals surface area (Å²) in [6.45, 7) is 2.82. The Morgan fingerprint density at radius 2 is 2.00 bits per heavy atom. The number of carbonyl (C=O) groups excluding carboxylic acids is 1. The van der Waals surface area contributed by atoms with Gasteiger partial charge in [-0.05, 0) is 25.2 Å². The average Bonchev–Trinajstić information content (AvgIpc) is 2.38. The summed E-state index contributed by atoms with van der Waals surface area (Å²) in [6.07, 6.45) is 10.1. The van der Waals surface area contributed by atoms with Crippen LogP contribution < -0.4 is 5.73 Å². The van der Waals surface area contributed by atoms with E-state index in [2.05, 4.69) is 0 Å². The van der Waals surface area contributed by atoms with Crippen LogP contribution in [0, 0.1) is 5.92 Å². The highest BCUT2D eigenvalue weighted by Crippen LogP contribution is 2.27. The summed E-state index contributed by atoms with van der Waals surface area (Å²) >= 11 is 0. The van der Waals surface area contributed by atoms with Crippen LogP contribution in [0.4, 0.5) is 0 Å². The largest absolute Gasteiger partial charge is 0.344 e. The monoisotopic (exact) mass is 240 g/mol. The molecule has 0 aromatic heterocycles. The molecule has 1 fully saturated rings. The molecule has 0 aromatic rings. The number of hydrogen-bond acceptors (Lipinski definition) is 2. The second-order valence-electron chi connectivity index (χ2n) is 5.42. The molecule has 1 aliphatic rings. The summed E-state index contributed by atoms with van der Waals surface area (Å²) < 4.78 is 0. The molecule has 0 spiro atoms. The van der Waals surface area contributed by atoms with E-state index < -0.39 is 0 Å². The highest BCUT2D eigenvalue weighted by Gasteiger charge is 2.17. The Morgan fingerprint density at radius 3 is 2.59 bits per heavy atom. The summed E-state index contributed by atoms with van der Waals surface area (Å²) in [5.41, 5.74) is 5.74. The van der Waals surface area contributed by atoms with E-state index >= 15 is 0 Å². The number of carbonyl (C=O) groups is 1. The van der Waals surface area contributed by atoms with Gasteiger partial charge in [0.25, 0.3) is 0 Å². The van der Waals surface area contributed by atoms with Crippen molar-refractivity contribution in [3.05, 3.63) is 0 Å². The van der Waals surface area contributed by atoms with Crippen LogP contribution in [0.2, 0.25) is 0 Å². The van der Waals surface area contributed by atoms with Crippen LogP contribution in [-0.2, 0) is 4.79 Å². The van der Waals surface area contributed by atoms with E-state index in [1.54, 1.807) is 4.90 Å². The van der Waals surface area contributed by atoms with Gasteiger partial charge in [-0.2, -0.15) is 0 Å². The lowest BCUT2D eigenvalue weighted by atomic mass is 9.86. The number of amides is 1. The van der Waals surface area contributed by atoms with E-state index in [9.17, 15) is 4.79 Å². The molecule has 100 valence electrons. The van der Waals surface area contributed by atoms with Crippen LogP contribution in [0.5, 0.6) is 0 Å². The second kappa shape index (κ2) is 7.70. The molecular weight excluding hydrogens is 212 g/mol. The first-order valence-corrected chi connectivity index (χ1v) is 7.15. The fourth-order valence-electron chi connectivity index (χ4n) is 2.66. The normalized spacial score (nSPS) is 19.0. The molecule has 0 heterocycles. The van der Waals surface area contributed by atoms with Gasteiger partial charge in [-0.3, -0.25) is 4.79 Å². The fraction of sp³-hybridized carbons (Fsp3) is 0.929. The lowest BCUT2D eigenvalue weighted by Gasteiger charge is -2.24. The SMILES string of the molecule is CC[C@H](N)C(=O)N(C)CCCC1CCCCC1. The minimum atomic E-state index is -0.310. The Hall–Kier alpha value is -0.570. The van der Waals surface area contributed by atoms with Crippen LogP contribution in [0.25, 0.3) is 0 Å². The number of hydrogen-bond donors (Lipinski definition) is 1. The Morgan fingerprint density at radius 1 is 1.35 bits per heavy atom. The van der Waals surface area contributed by atoms with Crippen molar-refractivity contribution in [2.45, 2.75) is 64.3 Å². The van der Waals surface area contributed by atoms with Crippen molar-refractivity contribution in [2.75, 3.05) is 13.6 Å². The van der Waals surface area contributed by atoms with E-state index in [0.717, 1.165) is 25.3 Å². The zero-order chi connectivity index (χ0) is 12.7. The van der Waals surface area contributed by atoms with E-state index in [-0.39, 0.29) is 11.9 Å². The lowest BCUT2D eigenvalue weighted by Crippen LogP contribution is -2.41. The predicted molar refractivity (Wildman–Crippen MR) is 71.7 cm³/mol. The van der Waals surface area contributed by atoms with Gasteiger partial charge in [0.05, 0.1) is 6.04 Å². The molecule has 3 heteroatoms. The quantitative estimate of drug-likeness (QED) is 0.775. The lowest BCUT2D eigenvalue weighted by molar-refractivity contribution is -0.131. The van der Waals surface area contributed by atoms with Crippen molar-refractivity contribution in [3.63, 3.8) is 0 Å². The summed E-state index contributed by atoms with van der Waals surface area (Å²) in [4.78, 5) is 13.6. The van der Waals surface area contributed by atoms with Gasteiger partial charge in [0, 0.05) is 13.6 Å². The molecule has 0 bridgehead atoms. The Bertz CT molecular complexity index is 224. The Balaban J connectivity index is 2.14. The topological polar surface area (TPSA) is 46.3 Å². The molecule has 2 N–H and O–H groups in total. The number of nitrogens with two attached hydrogens (primary N) is 1. The smallest absolute Gasteiger partial charge is 0.239 e. The third-order valence-electron chi connectivity index (χ3n) is 3.96. The Labute approximate surface area is 106 Å². The van der Waals surface area contributed by atoms with Gasteiger partial charge in [0.2, 0.25) is 5.91 Å². The molecule has 1 rings (SSSR count). The molecule has 1 aliphatic carbocycles. The molecule has 0 saturated heterocycles. The van der Waals surface area contributed by atoms with Gasteiger partial charge in [0.1, 0.15) is 0 Å². The Kier molecular flexibility index (Phi) is 6.56. The van der Waals surface area contributed by atoms with Crippen molar-refractivity contribution < 1.29 is 4.79 Å². The van der Waals surface area contributed by atoms with E-state index in [0.29, 0.717) is 0 Å². The van der Waals surface area contributed by atoms with Crippen molar-refractivity contribution in [1.29, 1.82) is 0 Å². The molecule has 1 atom stereocenters. The van der Waals surface area contributed by atoms with E-state index in [1.807, 2.05) is 14.0 Å². The molecule has 0 radical (unpaired) electrons. The maximum Gasteiger partial charge on any atom is 0.239 e. The molecule has 1 amide bonds. The number of likely N-dealkylation sites (N-methyl/N-ethyl adjacent to an activating group) is 1.